The number of para-hydroxylation sites is 1. The third-order valence-electron chi connectivity index (χ3n) is 3.74. The van der Waals surface area contributed by atoms with Gasteiger partial charge in [0.05, 0.1) is 12.0 Å². The number of carbonyl (C=O) groups excluding carboxylic acids is 2. The Morgan fingerprint density at radius 1 is 0.926 bits per heavy atom. The fraction of sp³-hybridized carbons (Fsp3) is 0.143. The number of rotatable bonds is 8. The highest BCUT2D eigenvalue weighted by Gasteiger charge is 2.10. The van der Waals surface area contributed by atoms with Gasteiger partial charge in [0.2, 0.25) is 5.91 Å². The van der Waals surface area contributed by atoms with Crippen molar-refractivity contribution in [2.45, 2.75) is 22.6 Å². The molecule has 0 unspecified atom stereocenters. The summed E-state index contributed by atoms with van der Waals surface area (Å²) in [6, 6.07) is 21.0. The average Bonchev–Trinajstić information content (AvgIpc) is 3.22. The van der Waals surface area contributed by atoms with Gasteiger partial charge in [0.1, 0.15) is 0 Å². The van der Waals surface area contributed by atoms with Crippen LogP contribution in [0.3, 0.4) is 0 Å². The summed E-state index contributed by atoms with van der Waals surface area (Å²) in [5.41, 5.74) is 0.788. The van der Waals surface area contributed by atoms with E-state index < -0.39 is 0 Å². The fourth-order valence-corrected chi connectivity index (χ4v) is 3.36. The van der Waals surface area contributed by atoms with E-state index in [1.807, 2.05) is 54.6 Å². The second kappa shape index (κ2) is 9.64. The Bertz CT molecular complexity index is 879. The SMILES string of the molecule is O=C(CCCNC(=O)c1ccco1)Nc1ccccc1Sc1ccccc1. The van der Waals surface area contributed by atoms with Crippen LogP contribution in [0, 0.1) is 0 Å². The van der Waals surface area contributed by atoms with Crippen molar-refractivity contribution in [1.82, 2.24) is 5.32 Å². The molecule has 1 heterocycles. The number of benzene rings is 2. The van der Waals surface area contributed by atoms with Crippen molar-refractivity contribution in [3.8, 4) is 0 Å². The van der Waals surface area contributed by atoms with Gasteiger partial charge in [-0.05, 0) is 42.8 Å². The van der Waals surface area contributed by atoms with Crippen LogP contribution in [0.1, 0.15) is 23.4 Å². The Morgan fingerprint density at radius 2 is 1.70 bits per heavy atom. The van der Waals surface area contributed by atoms with Crippen LogP contribution in [0.25, 0.3) is 0 Å². The molecule has 0 spiro atoms. The average molecular weight is 380 g/mol. The summed E-state index contributed by atoms with van der Waals surface area (Å²) in [5, 5.41) is 5.69. The third-order valence-corrected chi connectivity index (χ3v) is 4.83. The molecule has 0 aliphatic carbocycles. The second-order valence-corrected chi connectivity index (χ2v) is 6.91. The molecule has 3 aromatic rings. The summed E-state index contributed by atoms with van der Waals surface area (Å²) in [6.45, 7) is 0.410. The summed E-state index contributed by atoms with van der Waals surface area (Å²) >= 11 is 1.60. The molecule has 5 nitrogen and oxygen atoms in total. The molecule has 138 valence electrons. The third kappa shape index (κ3) is 5.76. The van der Waals surface area contributed by atoms with Crippen LogP contribution in [0.15, 0.2) is 87.2 Å². The van der Waals surface area contributed by atoms with Gasteiger partial charge in [0.25, 0.3) is 5.91 Å². The van der Waals surface area contributed by atoms with E-state index in [9.17, 15) is 9.59 Å². The van der Waals surface area contributed by atoms with Gasteiger partial charge in [-0.15, -0.1) is 0 Å². The molecule has 2 N–H and O–H groups in total. The highest BCUT2D eigenvalue weighted by molar-refractivity contribution is 7.99. The minimum Gasteiger partial charge on any atom is -0.459 e. The van der Waals surface area contributed by atoms with E-state index >= 15 is 0 Å². The van der Waals surface area contributed by atoms with Crippen LogP contribution < -0.4 is 10.6 Å². The summed E-state index contributed by atoms with van der Waals surface area (Å²) in [4.78, 5) is 26.1. The molecule has 1 aromatic heterocycles. The van der Waals surface area contributed by atoms with Gasteiger partial charge < -0.3 is 15.1 Å². The molecular weight excluding hydrogens is 360 g/mol. The first-order chi connectivity index (χ1) is 13.2. The Labute approximate surface area is 162 Å². The lowest BCUT2D eigenvalue weighted by Crippen LogP contribution is -2.25. The lowest BCUT2D eigenvalue weighted by molar-refractivity contribution is -0.116. The molecule has 0 atom stereocenters. The zero-order valence-electron chi connectivity index (χ0n) is 14.7. The summed E-state index contributed by atoms with van der Waals surface area (Å²) in [7, 11) is 0. The molecule has 0 saturated carbocycles. The van der Waals surface area contributed by atoms with Crippen molar-refractivity contribution in [3.63, 3.8) is 0 Å². The molecule has 27 heavy (non-hydrogen) atoms. The van der Waals surface area contributed by atoms with E-state index in [4.69, 9.17) is 4.42 Å². The summed E-state index contributed by atoms with van der Waals surface area (Å²) in [6.07, 6.45) is 2.32. The Kier molecular flexibility index (Phi) is 6.71. The highest BCUT2D eigenvalue weighted by atomic mass is 32.2. The molecule has 6 heteroatoms. The van der Waals surface area contributed by atoms with Gasteiger partial charge >= 0.3 is 0 Å². The lowest BCUT2D eigenvalue weighted by atomic mass is 10.2. The van der Waals surface area contributed by atoms with Crippen molar-refractivity contribution in [3.05, 3.63) is 78.8 Å². The van der Waals surface area contributed by atoms with Crippen LogP contribution >= 0.6 is 11.8 Å². The van der Waals surface area contributed by atoms with Gasteiger partial charge in [-0.25, -0.2) is 0 Å². The smallest absolute Gasteiger partial charge is 0.286 e. The highest BCUT2D eigenvalue weighted by Crippen LogP contribution is 2.33. The molecule has 0 fully saturated rings. The van der Waals surface area contributed by atoms with Gasteiger partial charge in [-0.3, -0.25) is 9.59 Å². The van der Waals surface area contributed by atoms with Crippen LogP contribution in [0.4, 0.5) is 5.69 Å². The predicted octanol–water partition coefficient (Wildman–Crippen LogP) is 4.58. The standard InChI is InChI=1S/C21H20N2O3S/c24-20(13-6-14-22-21(25)18-11-7-15-26-18)23-17-10-4-5-12-19(17)27-16-8-2-1-3-9-16/h1-5,7-12,15H,6,13-14H2,(H,22,25)(H,23,24). The largest absolute Gasteiger partial charge is 0.459 e. The van der Waals surface area contributed by atoms with Crippen LogP contribution in [0.5, 0.6) is 0 Å². The molecule has 0 bridgehead atoms. The van der Waals surface area contributed by atoms with Crippen molar-refractivity contribution >= 4 is 29.3 Å². The monoisotopic (exact) mass is 380 g/mol. The topological polar surface area (TPSA) is 71.3 Å². The maximum absolute atomic E-state index is 12.2. The van der Waals surface area contributed by atoms with E-state index in [0.29, 0.717) is 19.4 Å². The normalized spacial score (nSPS) is 10.4. The number of furan rings is 1. The number of hydrogen-bond acceptors (Lipinski definition) is 4. The van der Waals surface area contributed by atoms with Gasteiger partial charge in [-0.1, -0.05) is 42.1 Å². The minimum atomic E-state index is -0.273. The quantitative estimate of drug-likeness (QED) is 0.561. The van der Waals surface area contributed by atoms with Crippen LogP contribution in [0.2, 0.25) is 0 Å². The maximum atomic E-state index is 12.2. The first kappa shape index (κ1) is 18.8. The Morgan fingerprint density at radius 3 is 2.48 bits per heavy atom. The Hall–Kier alpha value is -2.99. The fourth-order valence-electron chi connectivity index (χ4n) is 2.43. The van der Waals surface area contributed by atoms with E-state index in [1.165, 1.54) is 6.26 Å². The number of carbonyl (C=O) groups is 2. The van der Waals surface area contributed by atoms with Crippen molar-refractivity contribution < 1.29 is 14.0 Å². The van der Waals surface area contributed by atoms with E-state index in [1.54, 1.807) is 23.9 Å². The molecule has 0 saturated heterocycles. The first-order valence-electron chi connectivity index (χ1n) is 8.66. The zero-order chi connectivity index (χ0) is 18.9. The van der Waals surface area contributed by atoms with Crippen molar-refractivity contribution in [2.75, 3.05) is 11.9 Å². The molecule has 2 aromatic carbocycles. The predicted molar refractivity (Wildman–Crippen MR) is 106 cm³/mol. The lowest BCUT2D eigenvalue weighted by Gasteiger charge is -2.11. The van der Waals surface area contributed by atoms with Crippen LogP contribution in [-0.2, 0) is 4.79 Å². The number of nitrogens with one attached hydrogen (secondary N) is 2. The van der Waals surface area contributed by atoms with Crippen LogP contribution in [-0.4, -0.2) is 18.4 Å². The van der Waals surface area contributed by atoms with E-state index in [2.05, 4.69) is 10.6 Å². The zero-order valence-corrected chi connectivity index (χ0v) is 15.5. The maximum Gasteiger partial charge on any atom is 0.286 e. The van der Waals surface area contributed by atoms with Gasteiger partial charge in [0, 0.05) is 22.8 Å². The summed E-state index contributed by atoms with van der Waals surface area (Å²) < 4.78 is 5.02. The second-order valence-electron chi connectivity index (χ2n) is 5.80. The number of hydrogen-bond donors (Lipinski definition) is 2. The first-order valence-corrected chi connectivity index (χ1v) is 9.47. The molecule has 2 amide bonds. The van der Waals surface area contributed by atoms with Gasteiger partial charge in [0.15, 0.2) is 5.76 Å². The van der Waals surface area contributed by atoms with Crippen molar-refractivity contribution in [1.29, 1.82) is 0 Å². The number of amides is 2. The number of anilines is 1. The Balaban J connectivity index is 1.47. The molecule has 0 radical (unpaired) electrons. The van der Waals surface area contributed by atoms with E-state index in [0.717, 1.165) is 15.5 Å². The molecular formula is C21H20N2O3S. The molecule has 3 rings (SSSR count). The molecule has 0 aliphatic rings. The van der Waals surface area contributed by atoms with Gasteiger partial charge in [-0.2, -0.15) is 0 Å². The molecule has 0 aliphatic heterocycles. The summed E-state index contributed by atoms with van der Waals surface area (Å²) in [5.74, 6) is -0.0836. The minimum absolute atomic E-state index is 0.0802. The van der Waals surface area contributed by atoms with Crippen molar-refractivity contribution in [2.24, 2.45) is 0 Å². The van der Waals surface area contributed by atoms with E-state index in [-0.39, 0.29) is 17.6 Å².